The van der Waals surface area contributed by atoms with Gasteiger partial charge in [0.15, 0.2) is 0 Å². The van der Waals surface area contributed by atoms with E-state index in [0.717, 1.165) is 43.5 Å². The van der Waals surface area contributed by atoms with Crippen molar-refractivity contribution < 1.29 is 4.74 Å². The molecule has 3 nitrogen and oxygen atoms in total. The zero-order chi connectivity index (χ0) is 13.7. The fraction of sp³-hybridized carbons (Fsp3) is 0.562. The van der Waals surface area contributed by atoms with Gasteiger partial charge in [-0.15, -0.1) is 0 Å². The molecule has 0 radical (unpaired) electrons. The van der Waals surface area contributed by atoms with Crippen LogP contribution in [-0.2, 0) is 5.41 Å². The van der Waals surface area contributed by atoms with E-state index in [2.05, 4.69) is 31.1 Å². The summed E-state index contributed by atoms with van der Waals surface area (Å²) in [5, 5.41) is 9.76. The van der Waals surface area contributed by atoms with Gasteiger partial charge in [0.25, 0.3) is 0 Å². The van der Waals surface area contributed by atoms with Gasteiger partial charge in [-0.1, -0.05) is 18.2 Å². The molecule has 0 fully saturated rings. The van der Waals surface area contributed by atoms with E-state index >= 15 is 0 Å². The van der Waals surface area contributed by atoms with E-state index < -0.39 is 0 Å². The summed E-state index contributed by atoms with van der Waals surface area (Å²) in [7, 11) is 4.15. The van der Waals surface area contributed by atoms with Crippen LogP contribution in [0.4, 0.5) is 0 Å². The highest BCUT2D eigenvalue weighted by atomic mass is 16.5. The molecule has 0 aromatic heterocycles. The van der Waals surface area contributed by atoms with Gasteiger partial charge < -0.3 is 9.64 Å². The van der Waals surface area contributed by atoms with Crippen molar-refractivity contribution >= 4 is 0 Å². The average Bonchev–Trinajstić information content (AvgIpc) is 2.59. The fourth-order valence-electron chi connectivity index (χ4n) is 2.81. The van der Waals surface area contributed by atoms with E-state index in [-0.39, 0.29) is 5.41 Å². The Morgan fingerprint density at radius 2 is 2.16 bits per heavy atom. The number of para-hydroxylation sites is 1. The molecule has 1 atom stereocenters. The Kier molecular flexibility index (Phi) is 4.44. The van der Waals surface area contributed by atoms with Gasteiger partial charge in [0.05, 0.1) is 18.1 Å². The lowest BCUT2D eigenvalue weighted by atomic mass is 9.74. The smallest absolute Gasteiger partial charge is 0.124 e. The quantitative estimate of drug-likeness (QED) is 0.833. The van der Waals surface area contributed by atoms with Crippen molar-refractivity contribution in [2.45, 2.75) is 31.1 Å². The second kappa shape index (κ2) is 6.08. The molecular formula is C16H22N2O. The maximum absolute atomic E-state index is 9.76. The Labute approximate surface area is 115 Å². The van der Waals surface area contributed by atoms with E-state index in [1.165, 1.54) is 0 Å². The summed E-state index contributed by atoms with van der Waals surface area (Å²) in [5.74, 6) is 0.895. The third kappa shape index (κ3) is 3.08. The van der Waals surface area contributed by atoms with Crippen LogP contribution in [0, 0.1) is 11.3 Å². The van der Waals surface area contributed by atoms with Gasteiger partial charge in [0, 0.05) is 5.56 Å². The number of hydrogen-bond donors (Lipinski definition) is 0. The lowest BCUT2D eigenvalue weighted by Gasteiger charge is -2.26. The van der Waals surface area contributed by atoms with E-state index in [0.29, 0.717) is 6.61 Å². The first-order valence-electron chi connectivity index (χ1n) is 6.96. The third-order valence-electron chi connectivity index (χ3n) is 3.83. The van der Waals surface area contributed by atoms with Crippen molar-refractivity contribution in [2.75, 3.05) is 27.2 Å². The first-order valence-corrected chi connectivity index (χ1v) is 6.96. The minimum Gasteiger partial charge on any atom is -0.493 e. The van der Waals surface area contributed by atoms with Crippen LogP contribution < -0.4 is 4.74 Å². The summed E-state index contributed by atoms with van der Waals surface area (Å²) in [4.78, 5) is 2.17. The largest absolute Gasteiger partial charge is 0.493 e. The minimum absolute atomic E-state index is 0.372. The van der Waals surface area contributed by atoms with Crippen molar-refractivity contribution in [1.29, 1.82) is 5.26 Å². The van der Waals surface area contributed by atoms with Gasteiger partial charge in [0.1, 0.15) is 5.75 Å². The highest BCUT2D eigenvalue weighted by Gasteiger charge is 2.35. The fourth-order valence-corrected chi connectivity index (χ4v) is 2.81. The minimum atomic E-state index is -0.372. The van der Waals surface area contributed by atoms with Crippen LogP contribution in [-0.4, -0.2) is 32.1 Å². The molecule has 1 aromatic carbocycles. The molecule has 1 unspecified atom stereocenters. The van der Waals surface area contributed by atoms with Crippen molar-refractivity contribution in [3.8, 4) is 11.8 Å². The zero-order valence-corrected chi connectivity index (χ0v) is 11.9. The number of ether oxygens (including phenoxy) is 1. The normalized spacial score (nSPS) is 22.2. The molecule has 19 heavy (non-hydrogen) atoms. The standard InChI is InChI=1S/C16H22N2O/c1-18(2)11-5-9-16(13-17)10-6-12-19-15-8-4-3-7-14(15)16/h3-4,7-8H,5-6,9-12H2,1-2H3. The number of nitrogens with zero attached hydrogens (tertiary/aromatic N) is 2. The van der Waals surface area contributed by atoms with Crippen molar-refractivity contribution in [1.82, 2.24) is 4.90 Å². The Morgan fingerprint density at radius 3 is 2.89 bits per heavy atom. The maximum atomic E-state index is 9.76. The van der Waals surface area contributed by atoms with Crippen molar-refractivity contribution in [2.24, 2.45) is 0 Å². The summed E-state index contributed by atoms with van der Waals surface area (Å²) in [5.41, 5.74) is 0.706. The summed E-state index contributed by atoms with van der Waals surface area (Å²) < 4.78 is 5.77. The second-order valence-corrected chi connectivity index (χ2v) is 5.55. The first-order chi connectivity index (χ1) is 9.18. The van der Waals surface area contributed by atoms with Crippen LogP contribution in [0.2, 0.25) is 0 Å². The van der Waals surface area contributed by atoms with Gasteiger partial charge >= 0.3 is 0 Å². The lowest BCUT2D eigenvalue weighted by molar-refractivity contribution is 0.312. The Bertz CT molecular complexity index is 464. The molecule has 0 spiro atoms. The highest BCUT2D eigenvalue weighted by molar-refractivity contribution is 5.44. The van der Waals surface area contributed by atoms with E-state index in [4.69, 9.17) is 4.74 Å². The molecule has 1 aromatic rings. The van der Waals surface area contributed by atoms with Gasteiger partial charge in [-0.25, -0.2) is 0 Å². The molecular weight excluding hydrogens is 236 g/mol. The van der Waals surface area contributed by atoms with Crippen LogP contribution in [0.3, 0.4) is 0 Å². The van der Waals surface area contributed by atoms with Gasteiger partial charge in [-0.2, -0.15) is 5.26 Å². The monoisotopic (exact) mass is 258 g/mol. The number of fused-ring (bicyclic) bond motifs is 1. The molecule has 0 amide bonds. The molecule has 1 heterocycles. The van der Waals surface area contributed by atoms with Crippen LogP contribution in [0.25, 0.3) is 0 Å². The molecule has 0 N–H and O–H groups in total. The summed E-state index contributed by atoms with van der Waals surface area (Å²) in [6.45, 7) is 1.74. The number of nitriles is 1. The maximum Gasteiger partial charge on any atom is 0.124 e. The summed E-state index contributed by atoms with van der Waals surface area (Å²) >= 11 is 0. The summed E-state index contributed by atoms with van der Waals surface area (Å²) in [6, 6.07) is 10.6. The first kappa shape index (κ1) is 13.9. The number of rotatable bonds is 4. The van der Waals surface area contributed by atoms with Crippen LogP contribution in [0.1, 0.15) is 31.2 Å². The molecule has 1 aliphatic rings. The lowest BCUT2D eigenvalue weighted by Crippen LogP contribution is -2.25. The zero-order valence-electron chi connectivity index (χ0n) is 11.9. The molecule has 0 aliphatic carbocycles. The van der Waals surface area contributed by atoms with Gasteiger partial charge in [-0.3, -0.25) is 0 Å². The van der Waals surface area contributed by atoms with Crippen LogP contribution in [0.5, 0.6) is 5.75 Å². The van der Waals surface area contributed by atoms with Crippen LogP contribution in [0.15, 0.2) is 24.3 Å². The second-order valence-electron chi connectivity index (χ2n) is 5.55. The van der Waals surface area contributed by atoms with Crippen molar-refractivity contribution in [3.63, 3.8) is 0 Å². The van der Waals surface area contributed by atoms with E-state index in [1.807, 2.05) is 18.2 Å². The highest BCUT2D eigenvalue weighted by Crippen LogP contribution is 2.41. The van der Waals surface area contributed by atoms with Crippen LogP contribution >= 0.6 is 0 Å². The van der Waals surface area contributed by atoms with E-state index in [1.54, 1.807) is 0 Å². The number of benzene rings is 1. The topological polar surface area (TPSA) is 36.3 Å². The van der Waals surface area contributed by atoms with Crippen molar-refractivity contribution in [3.05, 3.63) is 29.8 Å². The molecule has 2 rings (SSSR count). The molecule has 0 saturated carbocycles. The predicted octanol–water partition coefficient (Wildman–Crippen LogP) is 2.96. The molecule has 3 heteroatoms. The Morgan fingerprint density at radius 1 is 1.37 bits per heavy atom. The summed E-state index contributed by atoms with van der Waals surface area (Å²) in [6.07, 6.45) is 3.79. The van der Waals surface area contributed by atoms with E-state index in [9.17, 15) is 5.26 Å². The average molecular weight is 258 g/mol. The number of hydrogen-bond acceptors (Lipinski definition) is 3. The van der Waals surface area contributed by atoms with Gasteiger partial charge in [-0.05, 0) is 52.4 Å². The third-order valence-corrected chi connectivity index (χ3v) is 3.83. The SMILES string of the molecule is CN(C)CCCC1(C#N)CCCOc2ccccc21. The Balaban J connectivity index is 2.25. The molecule has 0 saturated heterocycles. The van der Waals surface area contributed by atoms with Gasteiger partial charge in [0.2, 0.25) is 0 Å². The molecule has 0 bridgehead atoms. The molecule has 102 valence electrons. The Hall–Kier alpha value is -1.53. The molecule has 1 aliphatic heterocycles. The predicted molar refractivity (Wildman–Crippen MR) is 76.3 cm³/mol.